The number of carbonyl (C=O) groups excluding carboxylic acids is 2. The van der Waals surface area contributed by atoms with E-state index < -0.39 is 30.0 Å². The van der Waals surface area contributed by atoms with Crippen LogP contribution in [0.2, 0.25) is 0 Å². The van der Waals surface area contributed by atoms with Gasteiger partial charge in [0.2, 0.25) is 12.5 Å². The monoisotopic (exact) mass is 542 g/mol. The van der Waals surface area contributed by atoms with Crippen molar-refractivity contribution in [1.82, 2.24) is 9.80 Å². The van der Waals surface area contributed by atoms with E-state index in [0.29, 0.717) is 29.2 Å². The summed E-state index contributed by atoms with van der Waals surface area (Å²) in [5, 5.41) is 10.5. The van der Waals surface area contributed by atoms with Crippen LogP contribution in [-0.4, -0.2) is 88.8 Å². The summed E-state index contributed by atoms with van der Waals surface area (Å²) < 4.78 is 33.8. The van der Waals surface area contributed by atoms with Gasteiger partial charge in [-0.25, -0.2) is 4.79 Å². The van der Waals surface area contributed by atoms with Crippen molar-refractivity contribution in [3.8, 4) is 28.7 Å². The van der Waals surface area contributed by atoms with Crippen molar-refractivity contribution in [2.24, 2.45) is 11.8 Å². The summed E-state index contributed by atoms with van der Waals surface area (Å²) in [5.41, 5.74) is 2.13. The molecule has 39 heavy (non-hydrogen) atoms. The van der Waals surface area contributed by atoms with Crippen LogP contribution in [-0.2, 0) is 14.3 Å². The van der Waals surface area contributed by atoms with E-state index in [4.69, 9.17) is 28.4 Å². The number of nitrogens with zero attached hydrogens (tertiary/aromatic N) is 2. The SMILES string of the molecule is COc1cc([C@@H]2c3cc4c(cc3[C@@H](OC(=O)N(C)CCCN(C)C)[C@H]3COC(=O)[C@H]23)OCO4)cc(OC)c1O. The number of rotatable bonds is 8. The Morgan fingerprint density at radius 3 is 2.23 bits per heavy atom. The van der Waals surface area contributed by atoms with E-state index >= 15 is 0 Å². The van der Waals surface area contributed by atoms with Crippen LogP contribution in [0.5, 0.6) is 28.7 Å². The second-order valence-electron chi connectivity index (χ2n) is 10.3. The maximum atomic E-state index is 13.2. The molecule has 0 aromatic heterocycles. The Labute approximate surface area is 227 Å². The second-order valence-corrected chi connectivity index (χ2v) is 10.3. The van der Waals surface area contributed by atoms with Crippen LogP contribution in [0.1, 0.15) is 35.1 Å². The van der Waals surface area contributed by atoms with Crippen LogP contribution in [0.4, 0.5) is 4.79 Å². The molecule has 0 spiro atoms. The first kappa shape index (κ1) is 26.7. The summed E-state index contributed by atoms with van der Waals surface area (Å²) in [4.78, 5) is 30.0. The Morgan fingerprint density at radius 1 is 0.974 bits per heavy atom. The predicted octanol–water partition coefficient (Wildman–Crippen LogP) is 3.13. The van der Waals surface area contributed by atoms with Gasteiger partial charge in [-0.2, -0.15) is 0 Å². The first-order valence-electron chi connectivity index (χ1n) is 12.8. The third kappa shape index (κ3) is 4.87. The number of hydrogen-bond donors (Lipinski definition) is 1. The standard InChI is InChI=1S/C28H34N2O9/c1-29(2)7-6-8-30(3)28(33)39-26-17-12-20-19(37-14-38-20)11-16(17)23(24-18(26)13-36-27(24)32)15-9-21(34-4)25(31)22(10-15)35-5/h9-12,18,23-24,26,31H,6-8,13-14H2,1-5H3/t18-,23+,24-,26+/m0/s1. The molecule has 1 N–H and O–H groups in total. The number of ether oxygens (including phenoxy) is 6. The molecule has 0 saturated carbocycles. The zero-order valence-corrected chi connectivity index (χ0v) is 22.8. The van der Waals surface area contributed by atoms with Gasteiger partial charge in [0.1, 0.15) is 6.10 Å². The van der Waals surface area contributed by atoms with Crippen molar-refractivity contribution >= 4 is 12.1 Å². The fourth-order valence-corrected chi connectivity index (χ4v) is 5.67. The zero-order chi connectivity index (χ0) is 27.8. The summed E-state index contributed by atoms with van der Waals surface area (Å²) in [6.45, 7) is 1.53. The van der Waals surface area contributed by atoms with Crippen molar-refractivity contribution < 1.29 is 43.1 Å². The molecule has 0 bridgehead atoms. The summed E-state index contributed by atoms with van der Waals surface area (Å²) in [6.07, 6.45) is -0.433. The summed E-state index contributed by atoms with van der Waals surface area (Å²) in [6, 6.07) is 7.02. The van der Waals surface area contributed by atoms with Crippen LogP contribution in [0.3, 0.4) is 0 Å². The first-order chi connectivity index (χ1) is 18.7. The Balaban J connectivity index is 1.58. The Kier molecular flexibility index (Phi) is 7.35. The van der Waals surface area contributed by atoms with Gasteiger partial charge in [-0.1, -0.05) is 0 Å². The molecular formula is C28H34N2O9. The minimum atomic E-state index is -0.744. The molecule has 11 nitrogen and oxygen atoms in total. The lowest BCUT2D eigenvalue weighted by atomic mass is 9.66. The number of amides is 1. The van der Waals surface area contributed by atoms with E-state index in [1.54, 1.807) is 24.1 Å². The molecule has 2 heterocycles. The average Bonchev–Trinajstić information content (AvgIpc) is 3.53. The Hall–Kier alpha value is -3.86. The topological polar surface area (TPSA) is 116 Å². The number of hydrogen-bond acceptors (Lipinski definition) is 10. The quantitative estimate of drug-likeness (QED) is 0.499. The average molecular weight is 543 g/mol. The van der Waals surface area contributed by atoms with Gasteiger partial charge < -0.3 is 43.3 Å². The van der Waals surface area contributed by atoms with Crippen molar-refractivity contribution in [2.75, 3.05) is 61.9 Å². The van der Waals surface area contributed by atoms with E-state index in [-0.39, 0.29) is 36.6 Å². The predicted molar refractivity (Wildman–Crippen MR) is 139 cm³/mol. The number of fused-ring (bicyclic) bond motifs is 3. The van der Waals surface area contributed by atoms with E-state index in [1.807, 2.05) is 26.2 Å². The molecule has 2 aliphatic heterocycles. The molecule has 1 aliphatic carbocycles. The molecule has 2 aromatic carbocycles. The van der Waals surface area contributed by atoms with E-state index in [1.165, 1.54) is 14.2 Å². The van der Waals surface area contributed by atoms with Gasteiger partial charge >= 0.3 is 12.1 Å². The van der Waals surface area contributed by atoms with Gasteiger partial charge in [0.25, 0.3) is 0 Å². The molecule has 0 radical (unpaired) electrons. The molecule has 0 unspecified atom stereocenters. The normalized spacial score (nSPS) is 22.7. The zero-order valence-electron chi connectivity index (χ0n) is 22.8. The van der Waals surface area contributed by atoms with Gasteiger partial charge in [0.05, 0.1) is 26.7 Å². The Morgan fingerprint density at radius 2 is 1.62 bits per heavy atom. The van der Waals surface area contributed by atoms with Gasteiger partial charge in [-0.3, -0.25) is 4.79 Å². The minimum Gasteiger partial charge on any atom is -0.502 e. The van der Waals surface area contributed by atoms with Crippen LogP contribution in [0, 0.1) is 11.8 Å². The molecule has 5 rings (SSSR count). The highest BCUT2D eigenvalue weighted by Gasteiger charge is 2.54. The highest BCUT2D eigenvalue weighted by Crippen LogP contribution is 2.56. The van der Waals surface area contributed by atoms with Crippen molar-refractivity contribution in [3.05, 3.63) is 41.0 Å². The number of phenols is 1. The molecule has 11 heteroatoms. The fraction of sp³-hybridized carbons (Fsp3) is 0.500. The van der Waals surface area contributed by atoms with Crippen LogP contribution >= 0.6 is 0 Å². The lowest BCUT2D eigenvalue weighted by Gasteiger charge is -2.39. The fourth-order valence-electron chi connectivity index (χ4n) is 5.67. The second kappa shape index (κ2) is 10.7. The van der Waals surface area contributed by atoms with Gasteiger partial charge in [0.15, 0.2) is 23.0 Å². The first-order valence-corrected chi connectivity index (χ1v) is 12.8. The molecule has 1 saturated heterocycles. The molecular weight excluding hydrogens is 508 g/mol. The third-order valence-electron chi connectivity index (χ3n) is 7.62. The van der Waals surface area contributed by atoms with E-state index in [2.05, 4.69) is 4.90 Å². The Bertz CT molecular complexity index is 1240. The van der Waals surface area contributed by atoms with Gasteiger partial charge in [0, 0.05) is 31.0 Å². The smallest absolute Gasteiger partial charge is 0.410 e. The van der Waals surface area contributed by atoms with E-state index in [0.717, 1.165) is 18.5 Å². The minimum absolute atomic E-state index is 0.0672. The van der Waals surface area contributed by atoms with Gasteiger partial charge in [-0.15, -0.1) is 0 Å². The molecule has 1 fully saturated rings. The lowest BCUT2D eigenvalue weighted by molar-refractivity contribution is -0.141. The van der Waals surface area contributed by atoms with Crippen LogP contribution in [0.15, 0.2) is 24.3 Å². The highest BCUT2D eigenvalue weighted by molar-refractivity contribution is 5.79. The number of cyclic esters (lactones) is 1. The molecule has 3 aliphatic rings. The maximum absolute atomic E-state index is 13.2. The number of methoxy groups -OCH3 is 2. The van der Waals surface area contributed by atoms with Crippen LogP contribution < -0.4 is 18.9 Å². The largest absolute Gasteiger partial charge is 0.502 e. The number of phenolic OH excluding ortho intramolecular Hbond substituents is 1. The van der Waals surface area contributed by atoms with Crippen molar-refractivity contribution in [1.29, 1.82) is 0 Å². The number of aromatic hydroxyl groups is 1. The van der Waals surface area contributed by atoms with E-state index in [9.17, 15) is 14.7 Å². The highest BCUT2D eigenvalue weighted by atomic mass is 16.7. The summed E-state index contributed by atoms with van der Waals surface area (Å²) in [7, 11) is 8.56. The third-order valence-corrected chi connectivity index (χ3v) is 7.62. The maximum Gasteiger partial charge on any atom is 0.410 e. The van der Waals surface area contributed by atoms with Gasteiger partial charge in [-0.05, 0) is 62.5 Å². The summed E-state index contributed by atoms with van der Waals surface area (Å²) >= 11 is 0. The number of carbonyl (C=O) groups is 2. The molecule has 1 amide bonds. The van der Waals surface area contributed by atoms with Crippen molar-refractivity contribution in [3.63, 3.8) is 0 Å². The number of benzene rings is 2. The van der Waals surface area contributed by atoms with Crippen LogP contribution in [0.25, 0.3) is 0 Å². The molecule has 2 aromatic rings. The lowest BCUT2D eigenvalue weighted by Crippen LogP contribution is -2.39. The molecule has 4 atom stereocenters. The summed E-state index contributed by atoms with van der Waals surface area (Å²) in [5.74, 6) is -0.644. The molecule has 210 valence electrons. The number of esters is 1. The van der Waals surface area contributed by atoms with Crippen molar-refractivity contribution in [2.45, 2.75) is 18.4 Å².